The Labute approximate surface area is 103 Å². The van der Waals surface area contributed by atoms with E-state index in [9.17, 15) is 4.79 Å². The molecule has 2 aromatic rings. The van der Waals surface area contributed by atoms with E-state index in [-0.39, 0.29) is 0 Å². The van der Waals surface area contributed by atoms with Crippen molar-refractivity contribution in [3.05, 3.63) is 22.4 Å². The van der Waals surface area contributed by atoms with Crippen LogP contribution in [0.5, 0.6) is 0 Å². The third-order valence-electron chi connectivity index (χ3n) is 3.36. The van der Waals surface area contributed by atoms with E-state index in [4.69, 9.17) is 0 Å². The fraction of sp³-hybridized carbons (Fsp3) is 0.462. The summed E-state index contributed by atoms with van der Waals surface area (Å²) < 4.78 is 2.53. The number of fused-ring (bicyclic) bond motifs is 1. The molecule has 0 spiro atoms. The molecule has 0 unspecified atom stereocenters. The van der Waals surface area contributed by atoms with Gasteiger partial charge in [-0.15, -0.1) is 22.7 Å². The highest BCUT2D eigenvalue weighted by atomic mass is 32.1. The Morgan fingerprint density at radius 3 is 2.88 bits per heavy atom. The van der Waals surface area contributed by atoms with Crippen LogP contribution in [0.15, 0.2) is 17.5 Å². The Kier molecular flexibility index (Phi) is 2.82. The van der Waals surface area contributed by atoms with E-state index < -0.39 is 0 Å². The summed E-state index contributed by atoms with van der Waals surface area (Å²) in [6.07, 6.45) is 5.92. The van der Waals surface area contributed by atoms with Gasteiger partial charge in [-0.3, -0.25) is 4.79 Å². The summed E-state index contributed by atoms with van der Waals surface area (Å²) in [5.41, 5.74) is 0. The van der Waals surface area contributed by atoms with Gasteiger partial charge in [-0.25, -0.2) is 0 Å². The number of ketones is 1. The van der Waals surface area contributed by atoms with Crippen LogP contribution in [0.2, 0.25) is 0 Å². The number of carbonyl (C=O) groups excluding carboxylic acids is 1. The summed E-state index contributed by atoms with van der Waals surface area (Å²) in [7, 11) is 0. The molecule has 1 aliphatic rings. The lowest BCUT2D eigenvalue weighted by Gasteiger charge is -2.05. The van der Waals surface area contributed by atoms with Crippen LogP contribution in [-0.2, 0) is 0 Å². The van der Waals surface area contributed by atoms with E-state index in [1.807, 2.05) is 0 Å². The zero-order valence-electron chi connectivity index (χ0n) is 9.07. The highest BCUT2D eigenvalue weighted by molar-refractivity contribution is 7.27. The normalized spacial score (nSPS) is 17.2. The average Bonchev–Trinajstić information content (AvgIpc) is 2.91. The van der Waals surface area contributed by atoms with E-state index in [2.05, 4.69) is 17.5 Å². The summed E-state index contributed by atoms with van der Waals surface area (Å²) in [5.74, 6) is 1.02. The number of carbonyl (C=O) groups is 1. The highest BCUT2D eigenvalue weighted by Crippen LogP contribution is 2.33. The summed E-state index contributed by atoms with van der Waals surface area (Å²) >= 11 is 3.38. The van der Waals surface area contributed by atoms with Crippen LogP contribution in [-0.4, -0.2) is 5.78 Å². The number of hydrogen-bond donors (Lipinski definition) is 0. The van der Waals surface area contributed by atoms with Crippen LogP contribution in [0, 0.1) is 5.92 Å². The van der Waals surface area contributed by atoms with Gasteiger partial charge in [-0.2, -0.15) is 0 Å². The van der Waals surface area contributed by atoms with Gasteiger partial charge in [0.05, 0.1) is 4.88 Å². The molecule has 0 bridgehead atoms. The molecule has 0 aromatic carbocycles. The van der Waals surface area contributed by atoms with E-state index in [0.717, 1.165) is 11.3 Å². The first-order valence-corrected chi connectivity index (χ1v) is 7.53. The van der Waals surface area contributed by atoms with E-state index in [0.29, 0.717) is 11.7 Å². The number of rotatable bonds is 3. The molecule has 3 heteroatoms. The fourth-order valence-corrected chi connectivity index (χ4v) is 4.54. The first-order chi connectivity index (χ1) is 7.83. The minimum Gasteiger partial charge on any atom is -0.293 e. The largest absolute Gasteiger partial charge is 0.293 e. The molecule has 0 N–H and O–H groups in total. The van der Waals surface area contributed by atoms with Gasteiger partial charge in [0.2, 0.25) is 0 Å². The first-order valence-electron chi connectivity index (χ1n) is 5.83. The molecule has 0 radical (unpaired) electrons. The minimum absolute atomic E-state index is 0.361. The molecule has 0 amide bonds. The fourth-order valence-electron chi connectivity index (χ4n) is 2.48. The Morgan fingerprint density at radius 2 is 2.12 bits per heavy atom. The molecule has 2 aromatic heterocycles. The second kappa shape index (κ2) is 4.30. The van der Waals surface area contributed by atoms with E-state index >= 15 is 0 Å². The Morgan fingerprint density at radius 1 is 1.31 bits per heavy atom. The molecule has 1 aliphatic carbocycles. The molecule has 1 nitrogen and oxygen atoms in total. The van der Waals surface area contributed by atoms with Crippen molar-refractivity contribution in [3.63, 3.8) is 0 Å². The maximum Gasteiger partial charge on any atom is 0.173 e. The molecule has 1 fully saturated rings. The first kappa shape index (κ1) is 10.5. The number of Topliss-reactive ketones (excluding diaryl/α,β-unsaturated/α-hetero) is 1. The van der Waals surface area contributed by atoms with Crippen molar-refractivity contribution < 1.29 is 4.79 Å². The summed E-state index contributed by atoms with van der Waals surface area (Å²) in [5, 5.41) is 2.09. The summed E-state index contributed by atoms with van der Waals surface area (Å²) in [6, 6.07) is 4.18. The van der Waals surface area contributed by atoms with Gasteiger partial charge >= 0.3 is 0 Å². The van der Waals surface area contributed by atoms with Crippen molar-refractivity contribution in [2.75, 3.05) is 0 Å². The zero-order chi connectivity index (χ0) is 11.0. The Balaban J connectivity index is 1.76. The molecule has 2 heterocycles. The second-order valence-electron chi connectivity index (χ2n) is 4.54. The minimum atomic E-state index is 0.361. The quantitative estimate of drug-likeness (QED) is 0.720. The predicted octanol–water partition coefficient (Wildman–Crippen LogP) is 4.73. The number of hydrogen-bond acceptors (Lipinski definition) is 3. The van der Waals surface area contributed by atoms with E-state index in [1.54, 1.807) is 22.7 Å². The van der Waals surface area contributed by atoms with Gasteiger partial charge in [0, 0.05) is 15.8 Å². The maximum absolute atomic E-state index is 12.1. The average molecular weight is 250 g/mol. The molecule has 16 heavy (non-hydrogen) atoms. The van der Waals surface area contributed by atoms with Gasteiger partial charge in [-0.1, -0.05) is 25.7 Å². The standard InChI is InChI=1S/C13H14OS2/c14-10(7-9-3-1-2-4-9)12-8-13-11(16-12)5-6-15-13/h5-6,8-9H,1-4,7H2. The van der Waals surface area contributed by atoms with Crippen LogP contribution >= 0.6 is 22.7 Å². The lowest BCUT2D eigenvalue weighted by Crippen LogP contribution is -2.03. The summed E-state index contributed by atoms with van der Waals surface area (Å²) in [4.78, 5) is 13.0. The van der Waals surface area contributed by atoms with Gasteiger partial charge < -0.3 is 0 Å². The maximum atomic E-state index is 12.1. The summed E-state index contributed by atoms with van der Waals surface area (Å²) in [6.45, 7) is 0. The van der Waals surface area contributed by atoms with Gasteiger partial charge in [0.25, 0.3) is 0 Å². The SMILES string of the molecule is O=C(CC1CCCC1)c1cc2sccc2s1. The van der Waals surface area contributed by atoms with Crippen molar-refractivity contribution in [2.24, 2.45) is 5.92 Å². The van der Waals surface area contributed by atoms with Crippen molar-refractivity contribution in [3.8, 4) is 0 Å². The van der Waals surface area contributed by atoms with Crippen LogP contribution in [0.4, 0.5) is 0 Å². The van der Waals surface area contributed by atoms with Crippen LogP contribution in [0.3, 0.4) is 0 Å². The molecule has 3 rings (SSSR count). The highest BCUT2D eigenvalue weighted by Gasteiger charge is 2.20. The van der Waals surface area contributed by atoms with Gasteiger partial charge in [0.1, 0.15) is 0 Å². The van der Waals surface area contributed by atoms with Crippen LogP contribution in [0.25, 0.3) is 9.40 Å². The van der Waals surface area contributed by atoms with Gasteiger partial charge in [-0.05, 0) is 23.4 Å². The third kappa shape index (κ3) is 1.94. The lowest BCUT2D eigenvalue weighted by atomic mass is 10.0. The molecule has 84 valence electrons. The monoisotopic (exact) mass is 250 g/mol. The van der Waals surface area contributed by atoms with Crippen LogP contribution < -0.4 is 0 Å². The van der Waals surface area contributed by atoms with Crippen molar-refractivity contribution in [2.45, 2.75) is 32.1 Å². The topological polar surface area (TPSA) is 17.1 Å². The number of thiophene rings is 2. The van der Waals surface area contributed by atoms with Crippen molar-refractivity contribution in [1.29, 1.82) is 0 Å². The molecule has 0 saturated heterocycles. The predicted molar refractivity (Wildman–Crippen MR) is 70.6 cm³/mol. The lowest BCUT2D eigenvalue weighted by molar-refractivity contribution is 0.0966. The molecule has 0 aliphatic heterocycles. The smallest absolute Gasteiger partial charge is 0.173 e. The second-order valence-corrected chi connectivity index (χ2v) is 6.57. The molecular formula is C13H14OS2. The third-order valence-corrected chi connectivity index (χ3v) is 5.50. The van der Waals surface area contributed by atoms with Crippen LogP contribution in [0.1, 0.15) is 41.8 Å². The molecular weight excluding hydrogens is 236 g/mol. The van der Waals surface area contributed by atoms with Crippen molar-refractivity contribution in [1.82, 2.24) is 0 Å². The Hall–Kier alpha value is -0.670. The Bertz CT molecular complexity index is 474. The van der Waals surface area contributed by atoms with Crippen molar-refractivity contribution >= 4 is 37.9 Å². The zero-order valence-corrected chi connectivity index (χ0v) is 10.7. The molecule has 0 atom stereocenters. The van der Waals surface area contributed by atoms with E-state index in [1.165, 1.54) is 35.1 Å². The molecule has 1 saturated carbocycles. The van der Waals surface area contributed by atoms with Gasteiger partial charge in [0.15, 0.2) is 5.78 Å².